The third kappa shape index (κ3) is 3.45. The first-order valence-electron chi connectivity index (χ1n) is 8.48. The minimum Gasteiger partial charge on any atom is -0.465 e. The van der Waals surface area contributed by atoms with Gasteiger partial charge in [0, 0.05) is 28.9 Å². The number of hydrogen-bond donors (Lipinski definition) is 0. The van der Waals surface area contributed by atoms with Crippen molar-refractivity contribution in [2.45, 2.75) is 20.8 Å². The average molecular weight is 346 g/mol. The molecule has 1 heterocycles. The summed E-state index contributed by atoms with van der Waals surface area (Å²) in [6.07, 6.45) is 1.80. The van der Waals surface area contributed by atoms with E-state index in [-0.39, 0.29) is 5.97 Å². The van der Waals surface area contributed by atoms with E-state index in [4.69, 9.17) is 4.74 Å². The van der Waals surface area contributed by atoms with Crippen molar-refractivity contribution in [2.75, 3.05) is 7.11 Å². The maximum absolute atomic E-state index is 11.9. The third-order valence-corrected chi connectivity index (χ3v) is 4.38. The zero-order valence-corrected chi connectivity index (χ0v) is 15.5. The van der Waals surface area contributed by atoms with Gasteiger partial charge in [-0.15, -0.1) is 0 Å². The average Bonchev–Trinajstić information content (AvgIpc) is 2.93. The lowest BCUT2D eigenvalue weighted by atomic mass is 10.2. The van der Waals surface area contributed by atoms with Crippen LogP contribution in [-0.2, 0) is 4.74 Å². The fraction of sp³-hybridized carbons (Fsp3) is 0.182. The molecule has 0 saturated carbocycles. The highest BCUT2D eigenvalue weighted by molar-refractivity contribution is 5.96. The topological polar surface area (TPSA) is 43.6 Å². The largest absolute Gasteiger partial charge is 0.465 e. The Balaban J connectivity index is 1.99. The van der Waals surface area contributed by atoms with Crippen LogP contribution in [0.4, 0.5) is 5.69 Å². The molecule has 2 aromatic carbocycles. The predicted octanol–water partition coefficient (Wildman–Crippen LogP) is 4.94. The van der Waals surface area contributed by atoms with E-state index in [0.717, 1.165) is 22.6 Å². The van der Waals surface area contributed by atoms with E-state index in [9.17, 15) is 4.79 Å². The van der Waals surface area contributed by atoms with Crippen molar-refractivity contribution in [2.24, 2.45) is 4.99 Å². The van der Waals surface area contributed by atoms with Gasteiger partial charge in [0.15, 0.2) is 0 Å². The van der Waals surface area contributed by atoms with Crippen molar-refractivity contribution in [1.29, 1.82) is 0 Å². The normalized spacial score (nSPS) is 11.1. The molecule has 3 rings (SSSR count). The van der Waals surface area contributed by atoms with E-state index in [2.05, 4.69) is 60.7 Å². The van der Waals surface area contributed by atoms with Crippen LogP contribution in [0.3, 0.4) is 0 Å². The Kier molecular flexibility index (Phi) is 5.03. The van der Waals surface area contributed by atoms with Crippen molar-refractivity contribution >= 4 is 17.9 Å². The van der Waals surface area contributed by atoms with Gasteiger partial charge < -0.3 is 9.30 Å². The van der Waals surface area contributed by atoms with Crippen molar-refractivity contribution in [3.05, 3.63) is 82.7 Å². The number of aliphatic imine (C=N–C) groups is 1. The Hall–Kier alpha value is -3.14. The highest BCUT2D eigenvalue weighted by atomic mass is 16.5. The second-order valence-electron chi connectivity index (χ2n) is 6.27. The van der Waals surface area contributed by atoms with Crippen LogP contribution < -0.4 is 0 Å². The highest BCUT2D eigenvalue weighted by Crippen LogP contribution is 2.23. The van der Waals surface area contributed by atoms with Crippen LogP contribution in [0.25, 0.3) is 5.69 Å². The number of methoxy groups -OCH3 is 1. The lowest BCUT2D eigenvalue weighted by molar-refractivity contribution is 0.0601. The molecular weight excluding hydrogens is 324 g/mol. The first-order valence-corrected chi connectivity index (χ1v) is 8.48. The number of hydrogen-bond acceptors (Lipinski definition) is 3. The summed E-state index contributed by atoms with van der Waals surface area (Å²) in [7, 11) is 1.37. The van der Waals surface area contributed by atoms with E-state index in [1.54, 1.807) is 18.3 Å². The number of aryl methyl sites for hydroxylation is 2. The molecule has 0 saturated heterocycles. The molecule has 26 heavy (non-hydrogen) atoms. The number of carbonyl (C=O) groups excluding carboxylic acids is 1. The van der Waals surface area contributed by atoms with Gasteiger partial charge in [-0.25, -0.2) is 4.79 Å². The van der Waals surface area contributed by atoms with Crippen LogP contribution in [-0.4, -0.2) is 23.9 Å². The number of carbonyl (C=O) groups is 1. The van der Waals surface area contributed by atoms with Gasteiger partial charge >= 0.3 is 5.97 Å². The molecule has 0 aliphatic carbocycles. The molecule has 4 heteroatoms. The zero-order chi connectivity index (χ0) is 18.7. The summed E-state index contributed by atoms with van der Waals surface area (Å²) in [5.74, 6) is -0.386. The molecule has 0 amide bonds. The van der Waals surface area contributed by atoms with Gasteiger partial charge in [0.1, 0.15) is 0 Å². The lowest BCUT2D eigenvalue weighted by Gasteiger charge is -2.10. The molecule has 1 aromatic heterocycles. The van der Waals surface area contributed by atoms with Crippen LogP contribution >= 0.6 is 0 Å². The molecule has 0 aliphatic rings. The van der Waals surface area contributed by atoms with E-state index >= 15 is 0 Å². The summed E-state index contributed by atoms with van der Waals surface area (Å²) in [6, 6.07) is 17.7. The number of rotatable bonds is 4. The molecule has 0 aliphatic heterocycles. The van der Waals surface area contributed by atoms with Crippen LogP contribution in [0.1, 0.15) is 32.9 Å². The van der Waals surface area contributed by atoms with Crippen molar-refractivity contribution < 1.29 is 9.53 Å². The fourth-order valence-electron chi connectivity index (χ4n) is 3.09. The summed E-state index contributed by atoms with van der Waals surface area (Å²) in [4.78, 5) is 16.4. The standard InChI is InChI=1S/C22H22N2O2/c1-15-8-7-9-19(12-15)24-16(2)13-18(17(24)3)14-23-21-11-6-5-10-20(21)22(25)26-4/h5-14H,1-4H3. The second kappa shape index (κ2) is 7.40. The van der Waals surface area contributed by atoms with Crippen LogP contribution in [0.15, 0.2) is 59.6 Å². The first-order chi connectivity index (χ1) is 12.5. The molecule has 0 bridgehead atoms. The predicted molar refractivity (Wildman–Crippen MR) is 105 cm³/mol. The molecule has 0 spiro atoms. The van der Waals surface area contributed by atoms with Gasteiger partial charge in [-0.1, -0.05) is 24.3 Å². The third-order valence-electron chi connectivity index (χ3n) is 4.38. The maximum Gasteiger partial charge on any atom is 0.340 e. The summed E-state index contributed by atoms with van der Waals surface area (Å²) in [6.45, 7) is 6.24. The van der Waals surface area contributed by atoms with Crippen molar-refractivity contribution in [3.8, 4) is 5.69 Å². The summed E-state index contributed by atoms with van der Waals surface area (Å²) >= 11 is 0. The molecular formula is C22H22N2O2. The molecule has 0 radical (unpaired) electrons. The molecule has 3 aromatic rings. The van der Waals surface area contributed by atoms with E-state index in [1.165, 1.54) is 12.7 Å². The summed E-state index contributed by atoms with van der Waals surface area (Å²) in [5.41, 5.74) is 6.66. The van der Waals surface area contributed by atoms with Crippen molar-refractivity contribution in [1.82, 2.24) is 4.57 Å². The fourth-order valence-corrected chi connectivity index (χ4v) is 3.09. The SMILES string of the molecule is COC(=O)c1ccccc1N=Cc1cc(C)n(-c2cccc(C)c2)c1C. The Bertz CT molecular complexity index is 984. The smallest absolute Gasteiger partial charge is 0.340 e. The number of benzene rings is 2. The first kappa shape index (κ1) is 17.7. The molecule has 0 N–H and O–H groups in total. The number of esters is 1. The number of aromatic nitrogens is 1. The van der Waals surface area contributed by atoms with Crippen LogP contribution in [0, 0.1) is 20.8 Å². The van der Waals surface area contributed by atoms with Gasteiger partial charge in [0.2, 0.25) is 0 Å². The summed E-state index contributed by atoms with van der Waals surface area (Å²) < 4.78 is 7.04. The van der Waals surface area contributed by atoms with Gasteiger partial charge in [0.25, 0.3) is 0 Å². The highest BCUT2D eigenvalue weighted by Gasteiger charge is 2.12. The van der Waals surface area contributed by atoms with Gasteiger partial charge in [-0.3, -0.25) is 4.99 Å². The Morgan fingerprint density at radius 2 is 1.81 bits per heavy atom. The minimum absolute atomic E-state index is 0.386. The summed E-state index contributed by atoms with van der Waals surface area (Å²) in [5, 5.41) is 0. The second-order valence-corrected chi connectivity index (χ2v) is 6.27. The van der Waals surface area contributed by atoms with E-state index in [1.807, 2.05) is 12.1 Å². The zero-order valence-electron chi connectivity index (χ0n) is 15.5. The van der Waals surface area contributed by atoms with Crippen molar-refractivity contribution in [3.63, 3.8) is 0 Å². The molecule has 0 unspecified atom stereocenters. The minimum atomic E-state index is -0.386. The van der Waals surface area contributed by atoms with Gasteiger partial charge in [-0.2, -0.15) is 0 Å². The number of nitrogens with zero attached hydrogens (tertiary/aromatic N) is 2. The Morgan fingerprint density at radius 1 is 1.04 bits per heavy atom. The lowest BCUT2D eigenvalue weighted by Crippen LogP contribution is -2.01. The van der Waals surface area contributed by atoms with Crippen LogP contribution in [0.5, 0.6) is 0 Å². The monoisotopic (exact) mass is 346 g/mol. The Labute approximate surface area is 153 Å². The van der Waals surface area contributed by atoms with Gasteiger partial charge in [-0.05, 0) is 56.7 Å². The maximum atomic E-state index is 11.9. The van der Waals surface area contributed by atoms with Crippen LogP contribution in [0.2, 0.25) is 0 Å². The molecule has 0 atom stereocenters. The number of ether oxygens (including phenoxy) is 1. The molecule has 4 nitrogen and oxygen atoms in total. The van der Waals surface area contributed by atoms with E-state index in [0.29, 0.717) is 11.3 Å². The number of para-hydroxylation sites is 1. The van der Waals surface area contributed by atoms with Gasteiger partial charge in [0.05, 0.1) is 18.4 Å². The molecule has 132 valence electrons. The quantitative estimate of drug-likeness (QED) is 0.496. The molecule has 0 fully saturated rings. The Morgan fingerprint density at radius 3 is 2.54 bits per heavy atom. The van der Waals surface area contributed by atoms with E-state index < -0.39 is 0 Å².